The lowest BCUT2D eigenvalue weighted by Crippen LogP contribution is -2.06. The molecule has 2 rings (SSSR count). The first-order valence-electron chi connectivity index (χ1n) is 5.51. The maximum Gasteiger partial charge on any atom is 0.354 e. The van der Waals surface area contributed by atoms with E-state index in [9.17, 15) is 4.79 Å². The summed E-state index contributed by atoms with van der Waals surface area (Å²) in [6, 6.07) is 9.07. The van der Waals surface area contributed by atoms with Crippen LogP contribution in [0.5, 0.6) is 6.01 Å². The van der Waals surface area contributed by atoms with Crippen molar-refractivity contribution in [3.05, 3.63) is 51.8 Å². The van der Waals surface area contributed by atoms with Gasteiger partial charge in [-0.3, -0.25) is 0 Å². The molecular weight excluding hydrogens is 312 g/mol. The number of nitrogens with zero attached hydrogens (tertiary/aromatic N) is 2. The van der Waals surface area contributed by atoms with Crippen LogP contribution in [0.25, 0.3) is 0 Å². The molecule has 0 aliphatic heterocycles. The second-order valence-corrected chi connectivity index (χ2v) is 4.81. The molecule has 1 aromatic heterocycles. The number of aryl methyl sites for hydroxylation is 1. The number of ether oxygens (including phenoxy) is 1. The molecule has 2 aromatic rings. The molecule has 0 atom stereocenters. The van der Waals surface area contributed by atoms with E-state index in [4.69, 9.17) is 9.84 Å². The fourth-order valence-electron chi connectivity index (χ4n) is 1.44. The molecule has 1 N–H and O–H groups in total. The third-order valence-corrected chi connectivity index (χ3v) is 2.86. The highest BCUT2D eigenvalue weighted by Gasteiger charge is 2.09. The van der Waals surface area contributed by atoms with E-state index >= 15 is 0 Å². The van der Waals surface area contributed by atoms with E-state index in [1.807, 2.05) is 24.3 Å². The van der Waals surface area contributed by atoms with Crippen molar-refractivity contribution < 1.29 is 14.6 Å². The second kappa shape index (κ2) is 5.79. The smallest absolute Gasteiger partial charge is 0.354 e. The lowest BCUT2D eigenvalue weighted by atomic mass is 10.2. The van der Waals surface area contributed by atoms with E-state index in [1.54, 1.807) is 6.92 Å². The number of hydrogen-bond donors (Lipinski definition) is 1. The Hall–Kier alpha value is -1.95. The lowest BCUT2D eigenvalue weighted by Gasteiger charge is -2.06. The van der Waals surface area contributed by atoms with Crippen molar-refractivity contribution in [1.29, 1.82) is 0 Å². The van der Waals surface area contributed by atoms with Crippen molar-refractivity contribution in [2.24, 2.45) is 0 Å². The Morgan fingerprint density at radius 1 is 1.32 bits per heavy atom. The van der Waals surface area contributed by atoms with Gasteiger partial charge in [0, 0.05) is 10.2 Å². The minimum atomic E-state index is -1.10. The maximum atomic E-state index is 10.9. The maximum absolute atomic E-state index is 10.9. The first-order chi connectivity index (χ1) is 9.04. The topological polar surface area (TPSA) is 72.3 Å². The quantitative estimate of drug-likeness (QED) is 0.937. The molecule has 0 fully saturated rings. The highest BCUT2D eigenvalue weighted by molar-refractivity contribution is 9.10. The Bertz CT molecular complexity index is 599. The highest BCUT2D eigenvalue weighted by atomic mass is 79.9. The molecule has 0 unspecified atom stereocenters. The molecule has 5 nitrogen and oxygen atoms in total. The number of aromatic nitrogens is 2. The Morgan fingerprint density at radius 3 is 2.63 bits per heavy atom. The number of halogens is 1. The Labute approximate surface area is 118 Å². The van der Waals surface area contributed by atoms with Gasteiger partial charge in [-0.05, 0) is 30.7 Å². The molecule has 1 aromatic carbocycles. The van der Waals surface area contributed by atoms with Gasteiger partial charge in [0.15, 0.2) is 5.69 Å². The van der Waals surface area contributed by atoms with Crippen LogP contribution in [0.4, 0.5) is 0 Å². The van der Waals surface area contributed by atoms with Crippen LogP contribution in [-0.4, -0.2) is 21.0 Å². The molecule has 98 valence electrons. The van der Waals surface area contributed by atoms with E-state index in [2.05, 4.69) is 25.9 Å². The Balaban J connectivity index is 2.11. The molecule has 6 heteroatoms. The van der Waals surface area contributed by atoms with Crippen LogP contribution < -0.4 is 4.74 Å². The van der Waals surface area contributed by atoms with Crippen LogP contribution in [0, 0.1) is 6.92 Å². The summed E-state index contributed by atoms with van der Waals surface area (Å²) in [4.78, 5) is 18.7. The van der Waals surface area contributed by atoms with E-state index < -0.39 is 5.97 Å². The summed E-state index contributed by atoms with van der Waals surface area (Å²) in [5, 5.41) is 8.90. The van der Waals surface area contributed by atoms with Gasteiger partial charge in [-0.1, -0.05) is 28.1 Å². The van der Waals surface area contributed by atoms with Gasteiger partial charge in [0.1, 0.15) is 6.61 Å². The largest absolute Gasteiger partial charge is 0.477 e. The predicted octanol–water partition coefficient (Wildman–Crippen LogP) is 2.82. The average molecular weight is 323 g/mol. The van der Waals surface area contributed by atoms with Gasteiger partial charge < -0.3 is 9.84 Å². The van der Waals surface area contributed by atoms with Gasteiger partial charge in [0.2, 0.25) is 0 Å². The summed E-state index contributed by atoms with van der Waals surface area (Å²) in [6.45, 7) is 1.98. The minimum Gasteiger partial charge on any atom is -0.477 e. The number of carboxylic acid groups (broad SMARTS) is 1. The van der Waals surface area contributed by atoms with Gasteiger partial charge in [0.05, 0.1) is 0 Å². The summed E-state index contributed by atoms with van der Waals surface area (Å²) < 4.78 is 6.39. The van der Waals surface area contributed by atoms with E-state index in [0.29, 0.717) is 5.69 Å². The number of rotatable bonds is 4. The molecule has 0 bridgehead atoms. The zero-order valence-corrected chi connectivity index (χ0v) is 11.7. The molecule has 1 heterocycles. The molecule has 0 saturated carbocycles. The second-order valence-electron chi connectivity index (χ2n) is 3.90. The van der Waals surface area contributed by atoms with Crippen molar-refractivity contribution in [2.45, 2.75) is 13.5 Å². The van der Waals surface area contributed by atoms with Crippen LogP contribution >= 0.6 is 15.9 Å². The fourth-order valence-corrected chi connectivity index (χ4v) is 1.71. The zero-order chi connectivity index (χ0) is 13.8. The SMILES string of the molecule is Cc1cc(C(=O)O)nc(OCc2ccc(Br)cc2)n1. The van der Waals surface area contributed by atoms with E-state index in [-0.39, 0.29) is 18.3 Å². The van der Waals surface area contributed by atoms with Crippen LogP contribution in [0.3, 0.4) is 0 Å². The number of carboxylic acids is 1. The fraction of sp³-hybridized carbons (Fsp3) is 0.154. The molecule has 19 heavy (non-hydrogen) atoms. The summed E-state index contributed by atoms with van der Waals surface area (Å²) in [5.41, 5.74) is 1.43. The van der Waals surface area contributed by atoms with Crippen molar-refractivity contribution in [2.75, 3.05) is 0 Å². The van der Waals surface area contributed by atoms with Crippen molar-refractivity contribution in [1.82, 2.24) is 9.97 Å². The van der Waals surface area contributed by atoms with Crippen molar-refractivity contribution >= 4 is 21.9 Å². The van der Waals surface area contributed by atoms with Crippen molar-refractivity contribution in [3.8, 4) is 6.01 Å². The predicted molar refractivity (Wildman–Crippen MR) is 72.2 cm³/mol. The van der Waals surface area contributed by atoms with Gasteiger partial charge >= 0.3 is 12.0 Å². The zero-order valence-electron chi connectivity index (χ0n) is 10.1. The van der Waals surface area contributed by atoms with Crippen molar-refractivity contribution in [3.63, 3.8) is 0 Å². The molecule has 0 spiro atoms. The molecule has 0 radical (unpaired) electrons. The van der Waals surface area contributed by atoms with Crippen LogP contribution in [0.2, 0.25) is 0 Å². The Kier molecular flexibility index (Phi) is 4.11. The summed E-state index contributed by atoms with van der Waals surface area (Å²) >= 11 is 3.35. The first kappa shape index (κ1) is 13.5. The molecular formula is C13H11BrN2O3. The molecule has 0 aliphatic rings. The number of aromatic carboxylic acids is 1. The summed E-state index contributed by atoms with van der Waals surface area (Å²) in [5.74, 6) is -1.10. The van der Waals surface area contributed by atoms with Crippen LogP contribution in [0.1, 0.15) is 21.7 Å². The number of carbonyl (C=O) groups is 1. The third-order valence-electron chi connectivity index (χ3n) is 2.33. The van der Waals surface area contributed by atoms with Gasteiger partial charge in [-0.15, -0.1) is 0 Å². The van der Waals surface area contributed by atoms with Gasteiger partial charge in [-0.25, -0.2) is 9.78 Å². The lowest BCUT2D eigenvalue weighted by molar-refractivity contribution is 0.0688. The average Bonchev–Trinajstić information content (AvgIpc) is 2.37. The standard InChI is InChI=1S/C13H11BrN2O3/c1-8-6-11(12(17)18)16-13(15-8)19-7-9-2-4-10(14)5-3-9/h2-6H,7H2,1H3,(H,17,18). The van der Waals surface area contributed by atoms with E-state index in [0.717, 1.165) is 10.0 Å². The third kappa shape index (κ3) is 3.75. The van der Waals surface area contributed by atoms with Crippen LogP contribution in [-0.2, 0) is 6.61 Å². The minimum absolute atomic E-state index is 0.0697. The number of benzene rings is 1. The normalized spacial score (nSPS) is 10.2. The highest BCUT2D eigenvalue weighted by Crippen LogP contribution is 2.13. The molecule has 0 saturated heterocycles. The molecule has 0 amide bonds. The number of hydrogen-bond acceptors (Lipinski definition) is 4. The Morgan fingerprint density at radius 2 is 2.00 bits per heavy atom. The van der Waals surface area contributed by atoms with E-state index in [1.165, 1.54) is 6.07 Å². The first-order valence-corrected chi connectivity index (χ1v) is 6.30. The van der Waals surface area contributed by atoms with Crippen LogP contribution in [0.15, 0.2) is 34.8 Å². The molecule has 0 aliphatic carbocycles. The summed E-state index contributed by atoms with van der Waals surface area (Å²) in [6.07, 6.45) is 0. The van der Waals surface area contributed by atoms with Gasteiger partial charge in [0.25, 0.3) is 0 Å². The monoisotopic (exact) mass is 322 g/mol. The van der Waals surface area contributed by atoms with Gasteiger partial charge in [-0.2, -0.15) is 4.98 Å². The summed E-state index contributed by atoms with van der Waals surface area (Å²) in [7, 11) is 0.